The van der Waals surface area contributed by atoms with E-state index in [9.17, 15) is 4.79 Å². The maximum Gasteiger partial charge on any atom is 0.257 e. The zero-order chi connectivity index (χ0) is 16.1. The van der Waals surface area contributed by atoms with E-state index in [1.807, 2.05) is 11.9 Å². The molecule has 0 aromatic heterocycles. The Bertz CT molecular complexity index is 539. The van der Waals surface area contributed by atoms with Gasteiger partial charge in [0.25, 0.3) is 5.91 Å². The van der Waals surface area contributed by atoms with E-state index >= 15 is 0 Å². The van der Waals surface area contributed by atoms with Crippen molar-refractivity contribution in [2.45, 2.75) is 6.42 Å². The number of hydrogen-bond acceptors (Lipinski definition) is 5. The van der Waals surface area contributed by atoms with Crippen LogP contribution in [-0.4, -0.2) is 58.8 Å². The van der Waals surface area contributed by atoms with E-state index in [4.69, 9.17) is 14.2 Å². The first kappa shape index (κ1) is 19.4. The lowest BCUT2D eigenvalue weighted by atomic mass is 10.1. The fraction of sp³-hybridized carbons (Fsp3) is 0.562. The Morgan fingerprint density at radius 2 is 1.91 bits per heavy atom. The molecule has 1 aromatic rings. The predicted octanol–water partition coefficient (Wildman–Crippen LogP) is 1.82. The number of methoxy groups -OCH3 is 3. The molecule has 1 N–H and O–H groups in total. The van der Waals surface area contributed by atoms with E-state index in [0.29, 0.717) is 28.7 Å². The summed E-state index contributed by atoms with van der Waals surface area (Å²) in [5.41, 5.74) is 0.505. The Labute approximate surface area is 143 Å². The second-order valence-corrected chi connectivity index (χ2v) is 5.35. The Kier molecular flexibility index (Phi) is 7.45. The molecule has 2 rings (SSSR count). The van der Waals surface area contributed by atoms with Crippen LogP contribution in [0.15, 0.2) is 12.1 Å². The van der Waals surface area contributed by atoms with Gasteiger partial charge in [0.2, 0.25) is 5.75 Å². The van der Waals surface area contributed by atoms with Crippen LogP contribution in [0.3, 0.4) is 0 Å². The number of nitrogens with zero attached hydrogens (tertiary/aromatic N) is 1. The van der Waals surface area contributed by atoms with Gasteiger partial charge in [-0.15, -0.1) is 12.4 Å². The quantitative estimate of drug-likeness (QED) is 0.853. The molecule has 1 fully saturated rings. The summed E-state index contributed by atoms with van der Waals surface area (Å²) in [7, 11) is 6.55. The molecule has 1 aliphatic heterocycles. The summed E-state index contributed by atoms with van der Waals surface area (Å²) >= 11 is 0. The van der Waals surface area contributed by atoms with Crippen molar-refractivity contribution in [3.8, 4) is 17.2 Å². The number of ether oxygens (including phenoxy) is 3. The summed E-state index contributed by atoms with van der Waals surface area (Å²) in [5.74, 6) is 1.88. The van der Waals surface area contributed by atoms with Gasteiger partial charge in [-0.1, -0.05) is 0 Å². The molecule has 7 heteroatoms. The largest absolute Gasteiger partial charge is 0.493 e. The van der Waals surface area contributed by atoms with Gasteiger partial charge >= 0.3 is 0 Å². The van der Waals surface area contributed by atoms with Gasteiger partial charge in [-0.3, -0.25) is 4.79 Å². The lowest BCUT2D eigenvalue weighted by Crippen LogP contribution is -2.30. The second-order valence-electron chi connectivity index (χ2n) is 5.35. The van der Waals surface area contributed by atoms with Crippen LogP contribution in [0.4, 0.5) is 0 Å². The molecular formula is C16H25ClN2O4. The number of amides is 1. The Morgan fingerprint density at radius 3 is 2.48 bits per heavy atom. The molecule has 1 aliphatic rings. The molecule has 0 spiro atoms. The summed E-state index contributed by atoms with van der Waals surface area (Å²) in [4.78, 5) is 14.6. The van der Waals surface area contributed by atoms with Crippen molar-refractivity contribution < 1.29 is 19.0 Å². The summed E-state index contributed by atoms with van der Waals surface area (Å²) in [6.07, 6.45) is 1.02. The van der Waals surface area contributed by atoms with E-state index < -0.39 is 0 Å². The van der Waals surface area contributed by atoms with Crippen LogP contribution in [-0.2, 0) is 0 Å². The molecular weight excluding hydrogens is 320 g/mol. The second kappa shape index (κ2) is 8.84. The van der Waals surface area contributed by atoms with Crippen LogP contribution in [0.1, 0.15) is 16.8 Å². The van der Waals surface area contributed by atoms with Crippen molar-refractivity contribution in [3.63, 3.8) is 0 Å². The van der Waals surface area contributed by atoms with Gasteiger partial charge in [-0.2, -0.15) is 0 Å². The first-order valence-electron chi connectivity index (χ1n) is 7.39. The Hall–Kier alpha value is -1.66. The zero-order valence-corrected chi connectivity index (χ0v) is 14.9. The maximum absolute atomic E-state index is 12.8. The molecule has 1 unspecified atom stereocenters. The molecule has 0 radical (unpaired) electrons. The van der Waals surface area contributed by atoms with Crippen LogP contribution >= 0.6 is 12.4 Å². The van der Waals surface area contributed by atoms with Crippen molar-refractivity contribution in [2.24, 2.45) is 5.92 Å². The normalized spacial score (nSPS) is 16.7. The fourth-order valence-electron chi connectivity index (χ4n) is 2.91. The van der Waals surface area contributed by atoms with E-state index in [1.165, 1.54) is 14.2 Å². The van der Waals surface area contributed by atoms with Crippen LogP contribution in [0.5, 0.6) is 17.2 Å². The van der Waals surface area contributed by atoms with Crippen molar-refractivity contribution in [2.75, 3.05) is 48.0 Å². The third kappa shape index (κ3) is 4.00. The molecule has 1 amide bonds. The maximum atomic E-state index is 12.8. The average molecular weight is 345 g/mol. The summed E-state index contributed by atoms with van der Waals surface area (Å²) in [5, 5.41) is 3.17. The first-order chi connectivity index (χ1) is 10.7. The SMILES string of the molecule is CNCC1CCN(C(=O)c2ccc(OC)c(OC)c2OC)C1.Cl. The molecule has 1 saturated heterocycles. The van der Waals surface area contributed by atoms with Gasteiger partial charge in [0, 0.05) is 13.1 Å². The highest BCUT2D eigenvalue weighted by atomic mass is 35.5. The van der Waals surface area contributed by atoms with Crippen LogP contribution in [0.2, 0.25) is 0 Å². The van der Waals surface area contributed by atoms with E-state index in [-0.39, 0.29) is 18.3 Å². The molecule has 1 aromatic carbocycles. The molecule has 0 bridgehead atoms. The van der Waals surface area contributed by atoms with E-state index in [0.717, 1.165) is 26.1 Å². The molecule has 1 atom stereocenters. The monoisotopic (exact) mass is 344 g/mol. The number of carbonyl (C=O) groups is 1. The minimum Gasteiger partial charge on any atom is -0.493 e. The summed E-state index contributed by atoms with van der Waals surface area (Å²) in [6, 6.07) is 3.46. The molecule has 130 valence electrons. The van der Waals surface area contributed by atoms with Crippen LogP contribution < -0.4 is 19.5 Å². The highest BCUT2D eigenvalue weighted by molar-refractivity contribution is 5.98. The van der Waals surface area contributed by atoms with Crippen molar-refractivity contribution in [1.29, 1.82) is 0 Å². The molecule has 0 saturated carbocycles. The smallest absolute Gasteiger partial charge is 0.257 e. The van der Waals surface area contributed by atoms with Crippen molar-refractivity contribution >= 4 is 18.3 Å². The highest BCUT2D eigenvalue weighted by Crippen LogP contribution is 2.40. The molecule has 0 aliphatic carbocycles. The topological polar surface area (TPSA) is 60.0 Å². The number of carbonyl (C=O) groups excluding carboxylic acids is 1. The number of likely N-dealkylation sites (tertiary alicyclic amines) is 1. The minimum atomic E-state index is -0.0311. The number of nitrogens with one attached hydrogen (secondary N) is 1. The molecule has 6 nitrogen and oxygen atoms in total. The highest BCUT2D eigenvalue weighted by Gasteiger charge is 2.29. The van der Waals surface area contributed by atoms with Crippen molar-refractivity contribution in [1.82, 2.24) is 10.2 Å². The third-order valence-corrected chi connectivity index (χ3v) is 4.00. The van der Waals surface area contributed by atoms with Gasteiger partial charge in [-0.05, 0) is 38.1 Å². The van der Waals surface area contributed by atoms with Gasteiger partial charge < -0.3 is 24.4 Å². The average Bonchev–Trinajstić information content (AvgIpc) is 3.01. The lowest BCUT2D eigenvalue weighted by Gasteiger charge is -2.20. The Morgan fingerprint density at radius 1 is 1.22 bits per heavy atom. The predicted molar refractivity (Wildman–Crippen MR) is 91.3 cm³/mol. The van der Waals surface area contributed by atoms with E-state index in [1.54, 1.807) is 19.2 Å². The van der Waals surface area contributed by atoms with Crippen molar-refractivity contribution in [3.05, 3.63) is 17.7 Å². The van der Waals surface area contributed by atoms with Gasteiger partial charge in [-0.25, -0.2) is 0 Å². The van der Waals surface area contributed by atoms with Gasteiger partial charge in [0.1, 0.15) is 0 Å². The van der Waals surface area contributed by atoms with Gasteiger partial charge in [0.05, 0.1) is 26.9 Å². The molecule has 1 heterocycles. The third-order valence-electron chi connectivity index (χ3n) is 4.00. The van der Waals surface area contributed by atoms with Gasteiger partial charge in [0.15, 0.2) is 11.5 Å². The first-order valence-corrected chi connectivity index (χ1v) is 7.39. The summed E-state index contributed by atoms with van der Waals surface area (Å²) in [6.45, 7) is 2.45. The number of halogens is 1. The minimum absolute atomic E-state index is 0. The van der Waals surface area contributed by atoms with Crippen LogP contribution in [0.25, 0.3) is 0 Å². The lowest BCUT2D eigenvalue weighted by molar-refractivity contribution is 0.0783. The summed E-state index contributed by atoms with van der Waals surface area (Å²) < 4.78 is 16.0. The standard InChI is InChI=1S/C16H24N2O4.ClH/c1-17-9-11-7-8-18(10-11)16(19)12-5-6-13(20-2)15(22-4)14(12)21-3;/h5-6,11,17H,7-10H2,1-4H3;1H. The number of rotatable bonds is 6. The Balaban J connectivity index is 0.00000264. The number of benzene rings is 1. The molecule has 23 heavy (non-hydrogen) atoms. The fourth-order valence-corrected chi connectivity index (χ4v) is 2.91. The zero-order valence-electron chi connectivity index (χ0n) is 14.0. The van der Waals surface area contributed by atoms with E-state index in [2.05, 4.69) is 5.32 Å². The number of hydrogen-bond donors (Lipinski definition) is 1. The van der Waals surface area contributed by atoms with Crippen LogP contribution in [0, 0.1) is 5.92 Å².